The summed E-state index contributed by atoms with van der Waals surface area (Å²) >= 11 is 3.43. The maximum atomic E-state index is 12.4. The molecule has 1 N–H and O–H groups in total. The molecule has 0 saturated carbocycles. The first-order chi connectivity index (χ1) is 14.6. The van der Waals surface area contributed by atoms with Gasteiger partial charge in [0, 0.05) is 28.9 Å². The number of aromatic nitrogens is 4. The summed E-state index contributed by atoms with van der Waals surface area (Å²) in [6.45, 7) is 2.59. The number of hydrogen-bond donors (Lipinski definition) is 1. The van der Waals surface area contributed by atoms with Crippen molar-refractivity contribution in [1.29, 1.82) is 0 Å². The monoisotopic (exact) mass is 465 g/mol. The van der Waals surface area contributed by atoms with Gasteiger partial charge in [-0.15, -0.1) is 10.2 Å². The average molecular weight is 466 g/mol. The number of rotatable bonds is 7. The van der Waals surface area contributed by atoms with Gasteiger partial charge in [-0.1, -0.05) is 45.8 Å². The van der Waals surface area contributed by atoms with Gasteiger partial charge in [-0.25, -0.2) is 4.68 Å². The van der Waals surface area contributed by atoms with Crippen LogP contribution in [0.2, 0.25) is 0 Å². The predicted molar refractivity (Wildman–Crippen MR) is 117 cm³/mol. The van der Waals surface area contributed by atoms with E-state index in [4.69, 9.17) is 4.42 Å². The van der Waals surface area contributed by atoms with Crippen molar-refractivity contribution in [3.05, 3.63) is 82.3 Å². The van der Waals surface area contributed by atoms with Crippen LogP contribution in [0.25, 0.3) is 11.5 Å². The van der Waals surface area contributed by atoms with Gasteiger partial charge in [0.15, 0.2) is 0 Å². The summed E-state index contributed by atoms with van der Waals surface area (Å²) in [7, 11) is 0. The van der Waals surface area contributed by atoms with Gasteiger partial charge in [-0.2, -0.15) is 5.10 Å². The highest BCUT2D eigenvalue weighted by atomic mass is 79.9. The van der Waals surface area contributed by atoms with Crippen molar-refractivity contribution in [2.75, 3.05) is 5.32 Å². The summed E-state index contributed by atoms with van der Waals surface area (Å²) in [6, 6.07) is 17.6. The second-order valence-corrected chi connectivity index (χ2v) is 7.83. The lowest BCUT2D eigenvalue weighted by molar-refractivity contribution is -0.116. The first-order valence-electron chi connectivity index (χ1n) is 9.52. The largest absolute Gasteiger partial charge is 0.421 e. The summed E-state index contributed by atoms with van der Waals surface area (Å²) in [6.07, 6.45) is 2.27. The van der Waals surface area contributed by atoms with Crippen molar-refractivity contribution >= 4 is 27.7 Å². The van der Waals surface area contributed by atoms with Crippen LogP contribution in [-0.4, -0.2) is 25.9 Å². The molecule has 2 heterocycles. The summed E-state index contributed by atoms with van der Waals surface area (Å²) in [5, 5.41) is 15.3. The van der Waals surface area contributed by atoms with Crippen LogP contribution in [0.4, 0.5) is 5.82 Å². The molecule has 0 unspecified atom stereocenters. The number of aryl methyl sites for hydroxylation is 2. The van der Waals surface area contributed by atoms with Crippen LogP contribution in [-0.2, 0) is 17.8 Å². The van der Waals surface area contributed by atoms with Gasteiger partial charge in [0.25, 0.3) is 0 Å². The van der Waals surface area contributed by atoms with Crippen molar-refractivity contribution in [1.82, 2.24) is 20.0 Å². The second-order valence-electron chi connectivity index (χ2n) is 6.92. The number of benzene rings is 2. The Morgan fingerprint density at radius 1 is 1.07 bits per heavy atom. The SMILES string of the molecule is Cc1ccc(-c2nnc(CCC(=O)Nc3ccnn3Cc3ccc(Br)cc3)o2)cc1. The summed E-state index contributed by atoms with van der Waals surface area (Å²) in [5.74, 6) is 1.40. The lowest BCUT2D eigenvalue weighted by atomic mass is 10.1. The first kappa shape index (κ1) is 20.0. The van der Waals surface area contributed by atoms with E-state index in [1.54, 1.807) is 16.9 Å². The minimum atomic E-state index is -0.136. The van der Waals surface area contributed by atoms with Crippen LogP contribution in [0.3, 0.4) is 0 Å². The van der Waals surface area contributed by atoms with E-state index in [0.717, 1.165) is 21.2 Å². The van der Waals surface area contributed by atoms with E-state index >= 15 is 0 Å². The number of halogens is 1. The molecule has 0 atom stereocenters. The molecular weight excluding hydrogens is 446 g/mol. The van der Waals surface area contributed by atoms with E-state index in [9.17, 15) is 4.79 Å². The Morgan fingerprint density at radius 3 is 2.60 bits per heavy atom. The third kappa shape index (κ3) is 5.01. The van der Waals surface area contributed by atoms with Crippen molar-refractivity contribution in [3.8, 4) is 11.5 Å². The van der Waals surface area contributed by atoms with Gasteiger partial charge in [-0.3, -0.25) is 4.79 Å². The molecule has 0 bridgehead atoms. The Labute approximate surface area is 182 Å². The van der Waals surface area contributed by atoms with Crippen LogP contribution in [0, 0.1) is 6.92 Å². The number of nitrogens with zero attached hydrogens (tertiary/aromatic N) is 4. The standard InChI is InChI=1S/C22H20BrN5O2/c1-15-2-6-17(7-3-15)22-27-26-21(30-22)11-10-20(29)25-19-12-13-24-28(19)14-16-4-8-18(23)9-5-16/h2-9,12-13H,10-11,14H2,1H3,(H,25,29). The molecule has 0 spiro atoms. The molecule has 0 fully saturated rings. The van der Waals surface area contributed by atoms with Crippen molar-refractivity contribution < 1.29 is 9.21 Å². The maximum absolute atomic E-state index is 12.4. The fraction of sp³-hybridized carbons (Fsp3) is 0.182. The summed E-state index contributed by atoms with van der Waals surface area (Å²) < 4.78 is 8.46. The van der Waals surface area contributed by atoms with Crippen LogP contribution >= 0.6 is 15.9 Å². The van der Waals surface area contributed by atoms with E-state index in [-0.39, 0.29) is 12.3 Å². The average Bonchev–Trinajstić information content (AvgIpc) is 3.39. The molecule has 0 aliphatic carbocycles. The molecule has 152 valence electrons. The first-order valence-corrected chi connectivity index (χ1v) is 10.3. The number of carbonyl (C=O) groups is 1. The molecule has 1 amide bonds. The van der Waals surface area contributed by atoms with Crippen LogP contribution in [0.1, 0.15) is 23.4 Å². The molecule has 4 rings (SSSR count). The van der Waals surface area contributed by atoms with E-state index in [1.165, 1.54) is 0 Å². The third-order valence-electron chi connectivity index (χ3n) is 4.56. The molecule has 0 aliphatic heterocycles. The molecule has 8 heteroatoms. The number of nitrogens with one attached hydrogen (secondary N) is 1. The van der Waals surface area contributed by atoms with Crippen molar-refractivity contribution in [2.45, 2.75) is 26.3 Å². The minimum absolute atomic E-state index is 0.136. The number of carbonyl (C=O) groups excluding carboxylic acids is 1. The van der Waals surface area contributed by atoms with E-state index < -0.39 is 0 Å². The highest BCUT2D eigenvalue weighted by Gasteiger charge is 2.12. The Kier molecular flexibility index (Phi) is 6.04. The van der Waals surface area contributed by atoms with Gasteiger partial charge in [0.2, 0.25) is 17.7 Å². The Hall–Kier alpha value is -3.26. The van der Waals surface area contributed by atoms with Gasteiger partial charge in [-0.05, 0) is 36.8 Å². The zero-order valence-electron chi connectivity index (χ0n) is 16.4. The van der Waals surface area contributed by atoms with E-state index in [0.29, 0.717) is 30.6 Å². The highest BCUT2D eigenvalue weighted by molar-refractivity contribution is 9.10. The van der Waals surface area contributed by atoms with Crippen molar-refractivity contribution in [2.24, 2.45) is 0 Å². The quantitative estimate of drug-likeness (QED) is 0.430. The van der Waals surface area contributed by atoms with Gasteiger partial charge < -0.3 is 9.73 Å². The Balaban J connectivity index is 1.33. The van der Waals surface area contributed by atoms with Gasteiger partial charge in [0.05, 0.1) is 12.7 Å². The normalized spacial score (nSPS) is 10.9. The zero-order chi connectivity index (χ0) is 20.9. The van der Waals surface area contributed by atoms with E-state index in [2.05, 4.69) is 36.5 Å². The molecular formula is C22H20BrN5O2. The lowest BCUT2D eigenvalue weighted by Crippen LogP contribution is -2.16. The molecule has 4 aromatic rings. The minimum Gasteiger partial charge on any atom is -0.421 e. The predicted octanol–water partition coefficient (Wildman–Crippen LogP) is 4.62. The number of amides is 1. The third-order valence-corrected chi connectivity index (χ3v) is 5.09. The van der Waals surface area contributed by atoms with Gasteiger partial charge >= 0.3 is 0 Å². The molecule has 0 saturated heterocycles. The second kappa shape index (κ2) is 9.04. The van der Waals surface area contributed by atoms with Crippen LogP contribution < -0.4 is 5.32 Å². The number of hydrogen-bond acceptors (Lipinski definition) is 5. The lowest BCUT2D eigenvalue weighted by Gasteiger charge is -2.09. The fourth-order valence-electron chi connectivity index (χ4n) is 2.92. The maximum Gasteiger partial charge on any atom is 0.247 e. The highest BCUT2D eigenvalue weighted by Crippen LogP contribution is 2.19. The van der Waals surface area contributed by atoms with E-state index in [1.807, 2.05) is 55.5 Å². The number of anilines is 1. The molecule has 0 radical (unpaired) electrons. The Bertz CT molecular complexity index is 1130. The van der Waals surface area contributed by atoms with Crippen LogP contribution in [0.15, 0.2) is 69.7 Å². The van der Waals surface area contributed by atoms with Gasteiger partial charge in [0.1, 0.15) is 5.82 Å². The summed E-state index contributed by atoms with van der Waals surface area (Å²) in [4.78, 5) is 12.4. The summed E-state index contributed by atoms with van der Waals surface area (Å²) in [5.41, 5.74) is 3.11. The van der Waals surface area contributed by atoms with Crippen molar-refractivity contribution in [3.63, 3.8) is 0 Å². The zero-order valence-corrected chi connectivity index (χ0v) is 18.0. The van der Waals surface area contributed by atoms with Crippen LogP contribution in [0.5, 0.6) is 0 Å². The molecule has 0 aliphatic rings. The molecule has 2 aromatic heterocycles. The molecule has 2 aromatic carbocycles. The Morgan fingerprint density at radius 2 is 1.83 bits per heavy atom. The molecule has 30 heavy (non-hydrogen) atoms. The topological polar surface area (TPSA) is 85.8 Å². The smallest absolute Gasteiger partial charge is 0.247 e. The molecule has 7 nitrogen and oxygen atoms in total. The fourth-order valence-corrected chi connectivity index (χ4v) is 3.19.